The fourth-order valence-corrected chi connectivity index (χ4v) is 3.32. The van der Waals surface area contributed by atoms with Gasteiger partial charge < -0.3 is 4.90 Å². The van der Waals surface area contributed by atoms with Gasteiger partial charge in [-0.3, -0.25) is 0 Å². The SMILES string of the molecule is Cc1nc(N2CCSC(C)(C)C2)ncc1CCl. The number of rotatable bonds is 2. The van der Waals surface area contributed by atoms with Gasteiger partial charge in [-0.15, -0.1) is 11.6 Å². The minimum absolute atomic E-state index is 0.278. The van der Waals surface area contributed by atoms with E-state index >= 15 is 0 Å². The molecule has 3 nitrogen and oxygen atoms in total. The smallest absolute Gasteiger partial charge is 0.225 e. The molecule has 0 atom stereocenters. The van der Waals surface area contributed by atoms with E-state index in [-0.39, 0.29) is 4.75 Å². The molecule has 2 rings (SSSR count). The Balaban J connectivity index is 2.19. The van der Waals surface area contributed by atoms with Crippen molar-refractivity contribution in [3.05, 3.63) is 17.5 Å². The van der Waals surface area contributed by atoms with Crippen LogP contribution in [0, 0.1) is 6.92 Å². The molecule has 0 spiro atoms. The number of hydrogen-bond acceptors (Lipinski definition) is 4. The summed E-state index contributed by atoms with van der Waals surface area (Å²) in [5, 5.41) is 0. The second kappa shape index (κ2) is 5.02. The number of thioether (sulfide) groups is 1. The lowest BCUT2D eigenvalue weighted by atomic mass is 10.2. The molecule has 1 aromatic heterocycles. The van der Waals surface area contributed by atoms with E-state index in [4.69, 9.17) is 11.6 Å². The molecule has 0 bridgehead atoms. The van der Waals surface area contributed by atoms with Gasteiger partial charge in [-0.1, -0.05) is 0 Å². The third-order valence-electron chi connectivity index (χ3n) is 2.92. The van der Waals surface area contributed by atoms with E-state index in [0.29, 0.717) is 5.88 Å². The zero-order valence-corrected chi connectivity index (χ0v) is 12.1. The number of nitrogens with zero attached hydrogens (tertiary/aromatic N) is 3. The highest BCUT2D eigenvalue weighted by molar-refractivity contribution is 8.00. The van der Waals surface area contributed by atoms with Crippen LogP contribution in [0.4, 0.5) is 5.95 Å². The third kappa shape index (κ3) is 3.05. The van der Waals surface area contributed by atoms with Crippen LogP contribution >= 0.6 is 23.4 Å². The predicted molar refractivity (Wildman–Crippen MR) is 75.1 cm³/mol. The van der Waals surface area contributed by atoms with Crippen LogP contribution < -0.4 is 4.90 Å². The topological polar surface area (TPSA) is 29.0 Å². The highest BCUT2D eigenvalue weighted by atomic mass is 35.5. The number of aromatic nitrogens is 2. The van der Waals surface area contributed by atoms with E-state index in [2.05, 4.69) is 28.7 Å². The van der Waals surface area contributed by atoms with E-state index in [1.807, 2.05) is 24.9 Å². The van der Waals surface area contributed by atoms with E-state index in [1.165, 1.54) is 0 Å². The number of hydrogen-bond donors (Lipinski definition) is 0. The summed E-state index contributed by atoms with van der Waals surface area (Å²) in [6.45, 7) is 8.55. The highest BCUT2D eigenvalue weighted by Crippen LogP contribution is 2.31. The Morgan fingerprint density at radius 3 is 2.88 bits per heavy atom. The largest absolute Gasteiger partial charge is 0.339 e. The fourth-order valence-electron chi connectivity index (χ4n) is 1.95. The average Bonchev–Trinajstić information content (AvgIpc) is 2.27. The molecule has 0 N–H and O–H groups in total. The Hall–Kier alpha value is -0.480. The minimum Gasteiger partial charge on any atom is -0.339 e. The first-order valence-corrected chi connectivity index (χ1v) is 7.31. The Morgan fingerprint density at radius 1 is 1.53 bits per heavy atom. The molecule has 17 heavy (non-hydrogen) atoms. The molecule has 1 aliphatic heterocycles. The molecular weight excluding hydrogens is 254 g/mol. The lowest BCUT2D eigenvalue weighted by Gasteiger charge is -2.37. The standard InChI is InChI=1S/C12H18ClN3S/c1-9-10(6-13)7-14-11(15-9)16-4-5-17-12(2,3)8-16/h7H,4-6,8H2,1-3H3. The van der Waals surface area contributed by atoms with E-state index in [0.717, 1.165) is 36.0 Å². The Kier molecular flexibility index (Phi) is 3.83. The zero-order chi connectivity index (χ0) is 12.5. The fraction of sp³-hybridized carbons (Fsp3) is 0.667. The van der Waals surface area contributed by atoms with Gasteiger partial charge in [0.1, 0.15) is 0 Å². The van der Waals surface area contributed by atoms with Gasteiger partial charge in [0.15, 0.2) is 0 Å². The zero-order valence-electron chi connectivity index (χ0n) is 10.5. The second-order valence-electron chi connectivity index (χ2n) is 4.94. The Bertz CT molecular complexity index is 409. The molecule has 0 radical (unpaired) electrons. The summed E-state index contributed by atoms with van der Waals surface area (Å²) in [5.41, 5.74) is 2.00. The minimum atomic E-state index is 0.278. The lowest BCUT2D eigenvalue weighted by molar-refractivity contribution is 0.634. The van der Waals surface area contributed by atoms with Crippen LogP contribution in [0.3, 0.4) is 0 Å². The van der Waals surface area contributed by atoms with E-state index in [1.54, 1.807) is 0 Å². The molecule has 0 aliphatic carbocycles. The van der Waals surface area contributed by atoms with Crippen LogP contribution in [-0.4, -0.2) is 33.6 Å². The van der Waals surface area contributed by atoms with Gasteiger partial charge in [0.2, 0.25) is 5.95 Å². The van der Waals surface area contributed by atoms with Gasteiger partial charge in [0, 0.05) is 41.0 Å². The molecule has 1 saturated heterocycles. The number of halogens is 1. The number of anilines is 1. The molecular formula is C12H18ClN3S. The summed E-state index contributed by atoms with van der Waals surface area (Å²) < 4.78 is 0.278. The van der Waals surface area contributed by atoms with Gasteiger partial charge in [-0.05, 0) is 20.8 Å². The van der Waals surface area contributed by atoms with Crippen LogP contribution in [0.1, 0.15) is 25.1 Å². The molecule has 0 amide bonds. The summed E-state index contributed by atoms with van der Waals surface area (Å²) >= 11 is 7.83. The molecule has 2 heterocycles. The van der Waals surface area contributed by atoms with Gasteiger partial charge in [0.25, 0.3) is 0 Å². The first-order chi connectivity index (χ1) is 8.02. The first kappa shape index (κ1) is 13.0. The quantitative estimate of drug-likeness (QED) is 0.774. The summed E-state index contributed by atoms with van der Waals surface area (Å²) in [6, 6.07) is 0. The van der Waals surface area contributed by atoms with Crippen molar-refractivity contribution in [2.45, 2.75) is 31.4 Å². The van der Waals surface area contributed by atoms with Crippen LogP contribution in [-0.2, 0) is 5.88 Å². The summed E-state index contributed by atoms with van der Waals surface area (Å²) in [7, 11) is 0. The van der Waals surface area contributed by atoms with Crippen molar-refractivity contribution in [3.8, 4) is 0 Å². The van der Waals surface area contributed by atoms with Crippen LogP contribution in [0.25, 0.3) is 0 Å². The molecule has 94 valence electrons. The highest BCUT2D eigenvalue weighted by Gasteiger charge is 2.28. The van der Waals surface area contributed by atoms with Gasteiger partial charge in [-0.25, -0.2) is 9.97 Å². The monoisotopic (exact) mass is 271 g/mol. The molecule has 1 aliphatic rings. The van der Waals surface area contributed by atoms with Gasteiger partial charge in [-0.2, -0.15) is 11.8 Å². The third-order valence-corrected chi connectivity index (χ3v) is 4.51. The first-order valence-electron chi connectivity index (χ1n) is 5.79. The van der Waals surface area contributed by atoms with Crippen molar-refractivity contribution in [2.24, 2.45) is 0 Å². The second-order valence-corrected chi connectivity index (χ2v) is 7.01. The summed E-state index contributed by atoms with van der Waals surface area (Å²) in [4.78, 5) is 11.2. The molecule has 0 unspecified atom stereocenters. The maximum Gasteiger partial charge on any atom is 0.225 e. The number of alkyl halides is 1. The Labute approximate surface area is 112 Å². The van der Waals surface area contributed by atoms with Crippen molar-refractivity contribution in [1.29, 1.82) is 0 Å². The molecule has 1 aromatic rings. The predicted octanol–water partition coefficient (Wildman–Crippen LogP) is 2.86. The molecule has 1 fully saturated rings. The van der Waals surface area contributed by atoms with E-state index < -0.39 is 0 Å². The summed E-state index contributed by atoms with van der Waals surface area (Å²) in [6.07, 6.45) is 1.85. The maximum atomic E-state index is 5.82. The average molecular weight is 272 g/mol. The number of aryl methyl sites for hydroxylation is 1. The van der Waals surface area contributed by atoms with Gasteiger partial charge >= 0.3 is 0 Å². The van der Waals surface area contributed by atoms with Crippen molar-refractivity contribution >= 4 is 29.3 Å². The van der Waals surface area contributed by atoms with Crippen molar-refractivity contribution < 1.29 is 0 Å². The van der Waals surface area contributed by atoms with Crippen molar-refractivity contribution in [2.75, 3.05) is 23.7 Å². The van der Waals surface area contributed by atoms with Gasteiger partial charge in [0.05, 0.1) is 5.88 Å². The van der Waals surface area contributed by atoms with Crippen LogP contribution in [0.15, 0.2) is 6.20 Å². The molecule has 0 saturated carbocycles. The Morgan fingerprint density at radius 2 is 2.29 bits per heavy atom. The van der Waals surface area contributed by atoms with Crippen molar-refractivity contribution in [3.63, 3.8) is 0 Å². The molecule has 5 heteroatoms. The van der Waals surface area contributed by atoms with Crippen LogP contribution in [0.5, 0.6) is 0 Å². The normalized spacial score (nSPS) is 19.4. The van der Waals surface area contributed by atoms with E-state index in [9.17, 15) is 0 Å². The van der Waals surface area contributed by atoms with Crippen LogP contribution in [0.2, 0.25) is 0 Å². The lowest BCUT2D eigenvalue weighted by Crippen LogP contribution is -2.44. The maximum absolute atomic E-state index is 5.82. The summed E-state index contributed by atoms with van der Waals surface area (Å²) in [5.74, 6) is 2.45. The van der Waals surface area contributed by atoms with Crippen molar-refractivity contribution in [1.82, 2.24) is 9.97 Å². The molecule has 0 aromatic carbocycles.